The molecule has 3 aromatic rings. The lowest BCUT2D eigenvalue weighted by molar-refractivity contribution is 0.891. The number of rotatable bonds is 3. The van der Waals surface area contributed by atoms with Crippen LogP contribution in [0.1, 0.15) is 28.3 Å². The van der Waals surface area contributed by atoms with Crippen LogP contribution >= 0.6 is 0 Å². The summed E-state index contributed by atoms with van der Waals surface area (Å²) in [4.78, 5) is 0. The molecule has 0 atom stereocenters. The minimum Gasteiger partial charge on any atom is -0.280 e. The first kappa shape index (κ1) is 12.2. The van der Waals surface area contributed by atoms with Gasteiger partial charge in [0.2, 0.25) is 0 Å². The molecule has 0 saturated carbocycles. The third kappa shape index (κ3) is 2.19. The Morgan fingerprint density at radius 2 is 1.45 bits per heavy atom. The van der Waals surface area contributed by atoms with E-state index in [0.717, 1.165) is 16.8 Å². The lowest BCUT2D eigenvalue weighted by Gasteiger charge is -2.17. The Morgan fingerprint density at radius 3 is 1.95 bits per heavy atom. The van der Waals surface area contributed by atoms with Crippen LogP contribution in [0.25, 0.3) is 0 Å². The summed E-state index contributed by atoms with van der Waals surface area (Å²) in [5.41, 5.74) is 3.70. The number of aromatic nitrogens is 2. The second kappa shape index (κ2) is 5.41. The van der Waals surface area contributed by atoms with Gasteiger partial charge in [0.1, 0.15) is 6.07 Å². The van der Waals surface area contributed by atoms with E-state index in [-0.39, 0.29) is 5.92 Å². The van der Waals surface area contributed by atoms with Crippen molar-refractivity contribution in [3.63, 3.8) is 0 Å². The monoisotopic (exact) mass is 259 g/mol. The van der Waals surface area contributed by atoms with Gasteiger partial charge in [0.25, 0.3) is 0 Å². The smallest absolute Gasteiger partial charge is 0.103 e. The van der Waals surface area contributed by atoms with E-state index in [1.54, 1.807) is 6.20 Å². The Bertz CT molecular complexity index is 684. The van der Waals surface area contributed by atoms with Gasteiger partial charge in [0, 0.05) is 0 Å². The van der Waals surface area contributed by atoms with Crippen molar-refractivity contribution in [1.29, 1.82) is 5.26 Å². The topological polar surface area (TPSA) is 52.5 Å². The maximum absolute atomic E-state index is 9.24. The molecule has 20 heavy (non-hydrogen) atoms. The number of hydrogen-bond acceptors (Lipinski definition) is 2. The zero-order valence-corrected chi connectivity index (χ0v) is 10.8. The maximum atomic E-state index is 9.24. The summed E-state index contributed by atoms with van der Waals surface area (Å²) >= 11 is 0. The standard InChI is InChI=1S/C17H13N3/c18-11-15-12-19-20-17(15)16(13-7-3-1-4-8-13)14-9-5-2-6-10-14/h1-10,12,16H,(H,19,20). The quantitative estimate of drug-likeness (QED) is 0.783. The van der Waals surface area contributed by atoms with Crippen LogP contribution in [0.3, 0.4) is 0 Å². The molecule has 0 fully saturated rings. The van der Waals surface area contributed by atoms with Gasteiger partial charge in [-0.15, -0.1) is 0 Å². The van der Waals surface area contributed by atoms with Gasteiger partial charge in [-0.05, 0) is 11.1 Å². The third-order valence-electron chi connectivity index (χ3n) is 3.34. The maximum Gasteiger partial charge on any atom is 0.103 e. The van der Waals surface area contributed by atoms with E-state index in [2.05, 4.69) is 40.5 Å². The summed E-state index contributed by atoms with van der Waals surface area (Å²) < 4.78 is 0. The summed E-state index contributed by atoms with van der Waals surface area (Å²) in [6.45, 7) is 0. The van der Waals surface area contributed by atoms with Crippen molar-refractivity contribution >= 4 is 0 Å². The highest BCUT2D eigenvalue weighted by atomic mass is 15.1. The van der Waals surface area contributed by atoms with Crippen LogP contribution < -0.4 is 0 Å². The molecule has 0 amide bonds. The van der Waals surface area contributed by atoms with Gasteiger partial charge in [-0.2, -0.15) is 10.4 Å². The molecule has 1 aromatic heterocycles. The molecule has 1 heterocycles. The zero-order valence-electron chi connectivity index (χ0n) is 10.8. The lowest BCUT2D eigenvalue weighted by atomic mass is 9.87. The van der Waals surface area contributed by atoms with E-state index in [0.29, 0.717) is 5.56 Å². The van der Waals surface area contributed by atoms with Crippen LogP contribution in [0.15, 0.2) is 66.9 Å². The van der Waals surface area contributed by atoms with Crippen molar-refractivity contribution in [2.45, 2.75) is 5.92 Å². The van der Waals surface area contributed by atoms with Gasteiger partial charge in [-0.3, -0.25) is 5.10 Å². The highest BCUT2D eigenvalue weighted by Crippen LogP contribution is 2.31. The summed E-state index contributed by atoms with van der Waals surface area (Å²) in [5, 5.41) is 16.2. The van der Waals surface area contributed by atoms with Gasteiger partial charge < -0.3 is 0 Å². The molecule has 0 bridgehead atoms. The third-order valence-corrected chi connectivity index (χ3v) is 3.34. The average Bonchev–Trinajstić information content (AvgIpc) is 2.98. The summed E-state index contributed by atoms with van der Waals surface area (Å²) in [6, 6.07) is 22.5. The summed E-state index contributed by atoms with van der Waals surface area (Å²) in [7, 11) is 0. The van der Waals surface area contributed by atoms with Crippen molar-refractivity contribution < 1.29 is 0 Å². The molecule has 0 saturated heterocycles. The predicted octanol–water partition coefficient (Wildman–Crippen LogP) is 3.46. The van der Waals surface area contributed by atoms with Gasteiger partial charge in [0.05, 0.1) is 23.4 Å². The van der Waals surface area contributed by atoms with Gasteiger partial charge in [-0.25, -0.2) is 0 Å². The van der Waals surface area contributed by atoms with Gasteiger partial charge in [-0.1, -0.05) is 60.7 Å². The Hall–Kier alpha value is -2.86. The fourth-order valence-electron chi connectivity index (χ4n) is 2.42. The molecular weight excluding hydrogens is 246 g/mol. The molecule has 0 spiro atoms. The molecule has 0 unspecified atom stereocenters. The van der Waals surface area contributed by atoms with Crippen LogP contribution in [0.5, 0.6) is 0 Å². The molecule has 0 aliphatic rings. The summed E-state index contributed by atoms with van der Waals surface area (Å²) in [6.07, 6.45) is 1.58. The molecule has 0 aliphatic carbocycles. The van der Waals surface area contributed by atoms with Crippen LogP contribution in [0.4, 0.5) is 0 Å². The van der Waals surface area contributed by atoms with Crippen LogP contribution in [-0.4, -0.2) is 10.2 Å². The number of nitrogens with one attached hydrogen (secondary N) is 1. The number of hydrogen-bond donors (Lipinski definition) is 1. The van der Waals surface area contributed by atoms with Crippen LogP contribution in [0, 0.1) is 11.3 Å². The zero-order chi connectivity index (χ0) is 13.8. The van der Waals surface area contributed by atoms with Gasteiger partial charge >= 0.3 is 0 Å². The van der Waals surface area contributed by atoms with Gasteiger partial charge in [0.15, 0.2) is 0 Å². The molecule has 1 N–H and O–H groups in total. The Morgan fingerprint density at radius 1 is 0.900 bits per heavy atom. The Labute approximate surface area is 117 Å². The first-order chi connectivity index (χ1) is 9.90. The minimum atomic E-state index is -0.00505. The van der Waals surface area contributed by atoms with Crippen molar-refractivity contribution in [2.24, 2.45) is 0 Å². The molecule has 0 radical (unpaired) electrons. The fourth-order valence-corrected chi connectivity index (χ4v) is 2.42. The minimum absolute atomic E-state index is 0.00505. The lowest BCUT2D eigenvalue weighted by Crippen LogP contribution is -2.05. The van der Waals surface area contributed by atoms with E-state index in [9.17, 15) is 5.26 Å². The second-order valence-corrected chi connectivity index (χ2v) is 4.56. The van der Waals surface area contributed by atoms with Crippen molar-refractivity contribution in [3.8, 4) is 6.07 Å². The van der Waals surface area contributed by atoms with E-state index in [4.69, 9.17) is 0 Å². The van der Waals surface area contributed by atoms with E-state index in [1.807, 2.05) is 36.4 Å². The first-order valence-electron chi connectivity index (χ1n) is 6.43. The van der Waals surface area contributed by atoms with E-state index >= 15 is 0 Å². The normalized spacial score (nSPS) is 10.4. The Kier molecular flexibility index (Phi) is 3.30. The number of benzene rings is 2. The van der Waals surface area contributed by atoms with E-state index in [1.165, 1.54) is 0 Å². The fraction of sp³-hybridized carbons (Fsp3) is 0.0588. The highest BCUT2D eigenvalue weighted by molar-refractivity contribution is 5.46. The molecule has 96 valence electrons. The molecule has 3 heteroatoms. The molecule has 0 aliphatic heterocycles. The highest BCUT2D eigenvalue weighted by Gasteiger charge is 2.21. The molecule has 3 rings (SSSR count). The van der Waals surface area contributed by atoms with Crippen molar-refractivity contribution in [3.05, 3.63) is 89.2 Å². The number of aromatic amines is 1. The molecular formula is C17H13N3. The largest absolute Gasteiger partial charge is 0.280 e. The number of H-pyrrole nitrogens is 1. The number of nitriles is 1. The molecule has 3 nitrogen and oxygen atoms in total. The van der Waals surface area contributed by atoms with Crippen molar-refractivity contribution in [1.82, 2.24) is 10.2 Å². The predicted molar refractivity (Wildman–Crippen MR) is 77.1 cm³/mol. The van der Waals surface area contributed by atoms with E-state index < -0.39 is 0 Å². The second-order valence-electron chi connectivity index (χ2n) is 4.56. The molecule has 2 aromatic carbocycles. The Balaban J connectivity index is 2.17. The van der Waals surface area contributed by atoms with Crippen molar-refractivity contribution in [2.75, 3.05) is 0 Å². The van der Waals surface area contributed by atoms with Crippen LogP contribution in [0.2, 0.25) is 0 Å². The average molecular weight is 259 g/mol. The SMILES string of the molecule is N#Cc1cn[nH]c1C(c1ccccc1)c1ccccc1. The first-order valence-corrected chi connectivity index (χ1v) is 6.43. The summed E-state index contributed by atoms with van der Waals surface area (Å²) in [5.74, 6) is -0.00505. The number of nitrogens with zero attached hydrogens (tertiary/aromatic N) is 2. The van der Waals surface area contributed by atoms with Crippen LogP contribution in [-0.2, 0) is 0 Å².